The van der Waals surface area contributed by atoms with Crippen molar-refractivity contribution in [1.82, 2.24) is 10.2 Å². The molecule has 0 saturated carbocycles. The van der Waals surface area contributed by atoms with Crippen molar-refractivity contribution in [2.75, 3.05) is 26.2 Å². The maximum absolute atomic E-state index is 12.2. The van der Waals surface area contributed by atoms with E-state index in [1.54, 1.807) is 13.8 Å². The van der Waals surface area contributed by atoms with E-state index in [4.69, 9.17) is 0 Å². The van der Waals surface area contributed by atoms with E-state index in [1.807, 2.05) is 0 Å². The Labute approximate surface area is 82.5 Å². The molecule has 0 bridgehead atoms. The van der Waals surface area contributed by atoms with Crippen molar-refractivity contribution in [3.8, 4) is 0 Å². The highest BCUT2D eigenvalue weighted by molar-refractivity contribution is 4.80. The second kappa shape index (κ2) is 4.49. The minimum Gasteiger partial charge on any atom is -0.316 e. The van der Waals surface area contributed by atoms with Gasteiger partial charge in [0.25, 0.3) is 0 Å². The summed E-state index contributed by atoms with van der Waals surface area (Å²) in [6, 6.07) is -0.0442. The van der Waals surface area contributed by atoms with Crippen LogP contribution in [-0.4, -0.2) is 43.3 Å². The Morgan fingerprint density at radius 1 is 1.36 bits per heavy atom. The zero-order valence-electron chi connectivity index (χ0n) is 8.56. The van der Waals surface area contributed by atoms with Crippen molar-refractivity contribution < 1.29 is 13.2 Å². The predicted molar refractivity (Wildman–Crippen MR) is 49.1 cm³/mol. The lowest BCUT2D eigenvalue weighted by Gasteiger charge is -2.35. The van der Waals surface area contributed by atoms with E-state index in [0.717, 1.165) is 13.1 Å². The Hall–Kier alpha value is -0.290. The van der Waals surface area contributed by atoms with Crippen molar-refractivity contribution >= 4 is 0 Å². The van der Waals surface area contributed by atoms with Gasteiger partial charge in [0.15, 0.2) is 0 Å². The Morgan fingerprint density at radius 2 is 1.93 bits per heavy atom. The average Bonchev–Trinajstić information content (AvgIpc) is 1.91. The van der Waals surface area contributed by atoms with Crippen LogP contribution < -0.4 is 5.32 Å². The first-order chi connectivity index (χ1) is 6.38. The number of rotatable bonds is 4. The van der Waals surface area contributed by atoms with Crippen LogP contribution in [0.5, 0.6) is 0 Å². The number of alkyl halides is 3. The van der Waals surface area contributed by atoms with Gasteiger partial charge in [-0.3, -0.25) is 4.90 Å². The predicted octanol–water partition coefficient (Wildman–Crippen LogP) is 1.48. The topological polar surface area (TPSA) is 15.3 Å². The number of halogens is 3. The molecule has 0 aromatic heterocycles. The molecule has 0 aliphatic carbocycles. The number of nitrogens with one attached hydrogen (secondary N) is 1. The number of nitrogens with zero attached hydrogens (tertiary/aromatic N) is 1. The average molecular weight is 210 g/mol. The molecule has 1 N–H and O–H groups in total. The lowest BCUT2D eigenvalue weighted by molar-refractivity contribution is -0.151. The van der Waals surface area contributed by atoms with E-state index >= 15 is 0 Å². The summed E-state index contributed by atoms with van der Waals surface area (Å²) in [7, 11) is 0. The van der Waals surface area contributed by atoms with Gasteiger partial charge in [-0.1, -0.05) is 0 Å². The third-order valence-electron chi connectivity index (χ3n) is 2.47. The van der Waals surface area contributed by atoms with Gasteiger partial charge in [0, 0.05) is 25.7 Å². The standard InChI is InChI=1S/C9H17F3N2/c1-7(2)14(6-9(10,11)12)5-8-3-13-4-8/h7-8,13H,3-6H2,1-2H3. The van der Waals surface area contributed by atoms with Crippen molar-refractivity contribution in [3.05, 3.63) is 0 Å². The smallest absolute Gasteiger partial charge is 0.316 e. The summed E-state index contributed by atoms with van der Waals surface area (Å²) in [5.41, 5.74) is 0. The highest BCUT2D eigenvalue weighted by Gasteiger charge is 2.33. The first-order valence-corrected chi connectivity index (χ1v) is 4.90. The van der Waals surface area contributed by atoms with Gasteiger partial charge in [-0.25, -0.2) is 0 Å². The molecule has 0 spiro atoms. The third-order valence-corrected chi connectivity index (χ3v) is 2.47. The van der Waals surface area contributed by atoms with Crippen LogP contribution in [-0.2, 0) is 0 Å². The van der Waals surface area contributed by atoms with Crippen LogP contribution in [0.15, 0.2) is 0 Å². The van der Waals surface area contributed by atoms with Crippen molar-refractivity contribution in [1.29, 1.82) is 0 Å². The van der Waals surface area contributed by atoms with Crippen LogP contribution in [0.25, 0.3) is 0 Å². The molecule has 14 heavy (non-hydrogen) atoms. The van der Waals surface area contributed by atoms with Gasteiger partial charge < -0.3 is 5.32 Å². The molecule has 1 heterocycles. The first kappa shape index (κ1) is 11.8. The third kappa shape index (κ3) is 3.84. The highest BCUT2D eigenvalue weighted by Crippen LogP contribution is 2.19. The second-order valence-corrected chi connectivity index (χ2v) is 4.16. The molecule has 0 aromatic rings. The molecule has 1 aliphatic heterocycles. The molecule has 5 heteroatoms. The fourth-order valence-electron chi connectivity index (χ4n) is 1.50. The second-order valence-electron chi connectivity index (χ2n) is 4.16. The van der Waals surface area contributed by atoms with Crippen LogP contribution in [0.2, 0.25) is 0 Å². The Balaban J connectivity index is 2.38. The van der Waals surface area contributed by atoms with Gasteiger partial charge >= 0.3 is 6.18 Å². The molecule has 0 amide bonds. The molecular weight excluding hydrogens is 193 g/mol. The lowest BCUT2D eigenvalue weighted by Crippen LogP contribution is -2.51. The van der Waals surface area contributed by atoms with Gasteiger partial charge in [-0.05, 0) is 19.8 Å². The van der Waals surface area contributed by atoms with E-state index in [1.165, 1.54) is 4.90 Å². The minimum atomic E-state index is -4.08. The summed E-state index contributed by atoms with van der Waals surface area (Å²) < 4.78 is 36.5. The SMILES string of the molecule is CC(C)N(CC1CNC1)CC(F)(F)F. The van der Waals surface area contributed by atoms with E-state index in [0.29, 0.717) is 12.5 Å². The van der Waals surface area contributed by atoms with Crippen LogP contribution in [0.3, 0.4) is 0 Å². The Bertz CT molecular complexity index is 175. The Morgan fingerprint density at radius 3 is 2.21 bits per heavy atom. The van der Waals surface area contributed by atoms with Crippen molar-refractivity contribution in [3.63, 3.8) is 0 Å². The zero-order chi connectivity index (χ0) is 10.8. The molecule has 0 aromatic carbocycles. The van der Waals surface area contributed by atoms with E-state index in [9.17, 15) is 13.2 Å². The minimum absolute atomic E-state index is 0.0442. The van der Waals surface area contributed by atoms with E-state index in [2.05, 4.69) is 5.32 Å². The van der Waals surface area contributed by atoms with Crippen LogP contribution in [0, 0.1) is 5.92 Å². The summed E-state index contributed by atoms with van der Waals surface area (Å²) in [6.07, 6.45) is -4.08. The summed E-state index contributed by atoms with van der Waals surface area (Å²) in [4.78, 5) is 1.49. The van der Waals surface area contributed by atoms with Crippen molar-refractivity contribution in [2.45, 2.75) is 26.1 Å². The molecular formula is C9H17F3N2. The van der Waals surface area contributed by atoms with E-state index in [-0.39, 0.29) is 6.04 Å². The molecule has 84 valence electrons. The monoisotopic (exact) mass is 210 g/mol. The number of hydrogen-bond donors (Lipinski definition) is 1. The molecule has 1 saturated heterocycles. The first-order valence-electron chi connectivity index (χ1n) is 4.90. The lowest BCUT2D eigenvalue weighted by atomic mass is 10.0. The summed E-state index contributed by atoms with van der Waals surface area (Å²) in [5.74, 6) is 0.389. The van der Waals surface area contributed by atoms with Crippen molar-refractivity contribution in [2.24, 2.45) is 5.92 Å². The zero-order valence-corrected chi connectivity index (χ0v) is 8.56. The summed E-state index contributed by atoms with van der Waals surface area (Å²) in [6.45, 7) is 5.06. The quantitative estimate of drug-likeness (QED) is 0.756. The molecule has 2 nitrogen and oxygen atoms in total. The molecule has 1 aliphatic rings. The summed E-state index contributed by atoms with van der Waals surface area (Å²) >= 11 is 0. The fourth-order valence-corrected chi connectivity index (χ4v) is 1.50. The molecule has 0 radical (unpaired) electrons. The number of hydrogen-bond acceptors (Lipinski definition) is 2. The van der Waals surface area contributed by atoms with Crippen LogP contribution >= 0.6 is 0 Å². The highest BCUT2D eigenvalue weighted by atomic mass is 19.4. The molecule has 1 rings (SSSR count). The van der Waals surface area contributed by atoms with Gasteiger partial charge in [-0.15, -0.1) is 0 Å². The van der Waals surface area contributed by atoms with Gasteiger partial charge in [0.2, 0.25) is 0 Å². The summed E-state index contributed by atoms with van der Waals surface area (Å²) in [5, 5.41) is 3.06. The molecule has 1 fully saturated rings. The maximum atomic E-state index is 12.2. The fraction of sp³-hybridized carbons (Fsp3) is 1.00. The Kier molecular flexibility index (Phi) is 3.78. The van der Waals surface area contributed by atoms with Crippen LogP contribution in [0.1, 0.15) is 13.8 Å². The van der Waals surface area contributed by atoms with Gasteiger partial charge in [0.1, 0.15) is 0 Å². The molecule has 0 unspecified atom stereocenters. The van der Waals surface area contributed by atoms with E-state index < -0.39 is 12.7 Å². The van der Waals surface area contributed by atoms with Gasteiger partial charge in [-0.2, -0.15) is 13.2 Å². The van der Waals surface area contributed by atoms with Crippen LogP contribution in [0.4, 0.5) is 13.2 Å². The van der Waals surface area contributed by atoms with Gasteiger partial charge in [0.05, 0.1) is 6.54 Å². The molecule has 0 atom stereocenters. The normalized spacial score (nSPS) is 19.1. The maximum Gasteiger partial charge on any atom is 0.401 e. The largest absolute Gasteiger partial charge is 0.401 e.